The maximum atomic E-state index is 6.36. The molecule has 18 heavy (non-hydrogen) atoms. The lowest BCUT2D eigenvalue weighted by Crippen LogP contribution is -2.35. The summed E-state index contributed by atoms with van der Waals surface area (Å²) in [6, 6.07) is 0. The largest absolute Gasteiger partial charge is 0.384 e. The Labute approximate surface area is 114 Å². The van der Waals surface area contributed by atoms with Crippen LogP contribution in [0.4, 0.5) is 0 Å². The fraction of sp³-hybridized carbons (Fsp3) is 0.867. The van der Waals surface area contributed by atoms with Crippen LogP contribution in [0, 0.1) is 0 Å². The zero-order valence-corrected chi connectivity index (χ0v) is 13.1. The van der Waals surface area contributed by atoms with Crippen LogP contribution < -0.4 is 5.73 Å². The van der Waals surface area contributed by atoms with E-state index in [1.54, 1.807) is 0 Å². The van der Waals surface area contributed by atoms with Crippen LogP contribution in [0.2, 0.25) is 0 Å². The maximum absolute atomic E-state index is 6.36. The average Bonchev–Trinajstić information content (AvgIpc) is 2.36. The molecule has 0 saturated heterocycles. The molecule has 0 aliphatic heterocycles. The number of nitrogens with zero attached hydrogens (tertiary/aromatic N) is 2. The van der Waals surface area contributed by atoms with Gasteiger partial charge in [0.05, 0.1) is 5.70 Å². The first kappa shape index (κ1) is 17.1. The summed E-state index contributed by atoms with van der Waals surface area (Å²) in [6.45, 7) is 15.4. The van der Waals surface area contributed by atoms with Crippen LogP contribution in [-0.2, 0) is 0 Å². The van der Waals surface area contributed by atoms with Crippen LogP contribution >= 0.6 is 0 Å². The normalized spacial score (nSPS) is 12.3. The van der Waals surface area contributed by atoms with E-state index in [9.17, 15) is 0 Å². The Kier molecular flexibility index (Phi) is 9.62. The third kappa shape index (κ3) is 5.65. The van der Waals surface area contributed by atoms with Crippen LogP contribution in [0.1, 0.15) is 60.3 Å². The second kappa shape index (κ2) is 10.1. The Balaban J connectivity index is 4.87. The van der Waals surface area contributed by atoms with Crippen LogP contribution in [0.15, 0.2) is 11.5 Å². The van der Waals surface area contributed by atoms with Gasteiger partial charge in [-0.25, -0.2) is 0 Å². The fourth-order valence-corrected chi connectivity index (χ4v) is 2.27. The van der Waals surface area contributed by atoms with Gasteiger partial charge in [-0.15, -0.1) is 0 Å². The summed E-state index contributed by atoms with van der Waals surface area (Å²) < 4.78 is 0. The molecule has 0 fully saturated rings. The SMILES string of the molecule is CCCN(CCC)C(C)=C(N)N(CCC)CCC. The molecule has 2 N–H and O–H groups in total. The van der Waals surface area contributed by atoms with E-state index >= 15 is 0 Å². The van der Waals surface area contributed by atoms with Crippen molar-refractivity contribution in [3.8, 4) is 0 Å². The van der Waals surface area contributed by atoms with Gasteiger partial charge in [0, 0.05) is 26.2 Å². The van der Waals surface area contributed by atoms with Gasteiger partial charge in [-0.05, 0) is 32.6 Å². The van der Waals surface area contributed by atoms with Crippen molar-refractivity contribution in [3.05, 3.63) is 11.5 Å². The molecule has 0 spiro atoms. The molecule has 0 aliphatic rings. The molecule has 0 aliphatic carbocycles. The smallest absolute Gasteiger partial charge is 0.118 e. The number of rotatable bonds is 10. The summed E-state index contributed by atoms with van der Waals surface area (Å²) in [5, 5.41) is 0. The molecule has 0 heterocycles. The molecule has 3 heteroatoms. The summed E-state index contributed by atoms with van der Waals surface area (Å²) in [5.74, 6) is 0.973. The predicted octanol–water partition coefficient (Wildman–Crippen LogP) is 3.38. The van der Waals surface area contributed by atoms with Crippen molar-refractivity contribution >= 4 is 0 Å². The molecule has 0 aromatic heterocycles. The first-order valence-electron chi connectivity index (χ1n) is 7.58. The van der Waals surface area contributed by atoms with E-state index in [1.807, 2.05) is 0 Å². The van der Waals surface area contributed by atoms with E-state index in [4.69, 9.17) is 5.73 Å². The van der Waals surface area contributed by atoms with Crippen molar-refractivity contribution in [1.29, 1.82) is 0 Å². The van der Waals surface area contributed by atoms with E-state index in [0.717, 1.165) is 44.8 Å². The minimum absolute atomic E-state index is 0.973. The molecule has 0 atom stereocenters. The molecule has 0 bridgehead atoms. The van der Waals surface area contributed by atoms with E-state index in [2.05, 4.69) is 44.4 Å². The molecule has 0 amide bonds. The van der Waals surface area contributed by atoms with Crippen molar-refractivity contribution < 1.29 is 0 Å². The Bertz CT molecular complexity index is 200. The van der Waals surface area contributed by atoms with Gasteiger partial charge >= 0.3 is 0 Å². The van der Waals surface area contributed by atoms with Crippen LogP contribution in [-0.4, -0.2) is 36.0 Å². The van der Waals surface area contributed by atoms with Crippen molar-refractivity contribution in [2.75, 3.05) is 26.2 Å². The van der Waals surface area contributed by atoms with Crippen molar-refractivity contribution in [3.63, 3.8) is 0 Å². The van der Waals surface area contributed by atoms with Gasteiger partial charge in [0.15, 0.2) is 0 Å². The van der Waals surface area contributed by atoms with Gasteiger partial charge in [0.1, 0.15) is 5.82 Å². The van der Waals surface area contributed by atoms with Crippen molar-refractivity contribution in [1.82, 2.24) is 9.80 Å². The van der Waals surface area contributed by atoms with Crippen LogP contribution in [0.25, 0.3) is 0 Å². The summed E-state index contributed by atoms with van der Waals surface area (Å²) in [7, 11) is 0. The standard InChI is InChI=1S/C15H33N3/c1-6-10-17(11-7-2)14(5)15(16)18(12-8-3)13-9-4/h6-13,16H2,1-5H3. The molecule has 108 valence electrons. The number of hydrogen-bond acceptors (Lipinski definition) is 3. The highest BCUT2D eigenvalue weighted by atomic mass is 15.2. The molecule has 0 unspecified atom stereocenters. The molecule has 0 saturated carbocycles. The third-order valence-electron chi connectivity index (χ3n) is 3.16. The second-order valence-corrected chi connectivity index (χ2v) is 4.94. The highest BCUT2D eigenvalue weighted by Crippen LogP contribution is 2.12. The third-order valence-corrected chi connectivity index (χ3v) is 3.16. The zero-order valence-electron chi connectivity index (χ0n) is 13.1. The Hall–Kier alpha value is -0.860. The van der Waals surface area contributed by atoms with Crippen LogP contribution in [0.3, 0.4) is 0 Å². The lowest BCUT2D eigenvalue weighted by molar-refractivity contribution is 0.292. The lowest BCUT2D eigenvalue weighted by Gasteiger charge is -2.31. The van der Waals surface area contributed by atoms with Gasteiger partial charge in [-0.1, -0.05) is 27.7 Å². The summed E-state index contributed by atoms with van der Waals surface area (Å²) in [5.41, 5.74) is 7.61. The number of hydrogen-bond donors (Lipinski definition) is 1. The fourth-order valence-electron chi connectivity index (χ4n) is 2.27. The predicted molar refractivity (Wildman–Crippen MR) is 81.2 cm³/mol. The van der Waals surface area contributed by atoms with Crippen molar-refractivity contribution in [2.24, 2.45) is 5.73 Å². The first-order valence-corrected chi connectivity index (χ1v) is 7.58. The molecular formula is C15H33N3. The van der Waals surface area contributed by atoms with Gasteiger partial charge in [0.2, 0.25) is 0 Å². The molecule has 0 aromatic rings. The Morgan fingerprint density at radius 2 is 1.06 bits per heavy atom. The van der Waals surface area contributed by atoms with E-state index in [-0.39, 0.29) is 0 Å². The molecule has 0 aromatic carbocycles. The number of allylic oxidation sites excluding steroid dienone is 1. The lowest BCUT2D eigenvalue weighted by atomic mass is 10.2. The Morgan fingerprint density at radius 3 is 1.39 bits per heavy atom. The highest BCUT2D eigenvalue weighted by molar-refractivity contribution is 5.07. The summed E-state index contributed by atoms with van der Waals surface area (Å²) in [4.78, 5) is 4.75. The zero-order chi connectivity index (χ0) is 14.0. The van der Waals surface area contributed by atoms with Gasteiger partial charge in [0.25, 0.3) is 0 Å². The second-order valence-electron chi connectivity index (χ2n) is 4.94. The molecule has 0 radical (unpaired) electrons. The highest BCUT2D eigenvalue weighted by Gasteiger charge is 2.12. The van der Waals surface area contributed by atoms with Crippen molar-refractivity contribution in [2.45, 2.75) is 60.3 Å². The van der Waals surface area contributed by atoms with Gasteiger partial charge in [-0.2, -0.15) is 0 Å². The topological polar surface area (TPSA) is 32.5 Å². The van der Waals surface area contributed by atoms with Gasteiger partial charge < -0.3 is 15.5 Å². The molecule has 3 nitrogen and oxygen atoms in total. The number of nitrogens with two attached hydrogens (primary N) is 1. The molecular weight excluding hydrogens is 222 g/mol. The van der Waals surface area contributed by atoms with Gasteiger partial charge in [-0.3, -0.25) is 0 Å². The minimum Gasteiger partial charge on any atom is -0.384 e. The van der Waals surface area contributed by atoms with E-state index in [1.165, 1.54) is 18.5 Å². The monoisotopic (exact) mass is 255 g/mol. The summed E-state index contributed by atoms with van der Waals surface area (Å²) in [6.07, 6.45) is 4.64. The first-order chi connectivity index (χ1) is 8.62. The quantitative estimate of drug-likeness (QED) is 0.649. The van der Waals surface area contributed by atoms with E-state index < -0.39 is 0 Å². The van der Waals surface area contributed by atoms with Crippen LogP contribution in [0.5, 0.6) is 0 Å². The maximum Gasteiger partial charge on any atom is 0.118 e. The Morgan fingerprint density at radius 1 is 0.722 bits per heavy atom. The summed E-state index contributed by atoms with van der Waals surface area (Å²) >= 11 is 0. The van der Waals surface area contributed by atoms with E-state index in [0.29, 0.717) is 0 Å². The minimum atomic E-state index is 0.973. The molecule has 0 rings (SSSR count). The average molecular weight is 255 g/mol.